The molecule has 3 rings (SSSR count). The SMILES string of the molecule is Cc1cccc(-n2nc(C(C)C)cc2OC(=O)c2ccccc2)c1C. The molecular formula is C21H22N2O2. The Morgan fingerprint density at radius 3 is 2.44 bits per heavy atom. The Labute approximate surface area is 148 Å². The Bertz CT molecular complexity index is 896. The molecule has 0 spiro atoms. The predicted octanol–water partition coefficient (Wildman–Crippen LogP) is 4.83. The van der Waals surface area contributed by atoms with E-state index in [4.69, 9.17) is 4.74 Å². The van der Waals surface area contributed by atoms with Crippen LogP contribution in [0.2, 0.25) is 0 Å². The molecule has 25 heavy (non-hydrogen) atoms. The summed E-state index contributed by atoms with van der Waals surface area (Å²) in [6, 6.07) is 16.9. The van der Waals surface area contributed by atoms with Crippen molar-refractivity contribution >= 4 is 5.97 Å². The first kappa shape index (κ1) is 17.0. The first-order chi connectivity index (χ1) is 12.0. The Morgan fingerprint density at radius 2 is 1.76 bits per heavy atom. The van der Waals surface area contributed by atoms with Crippen LogP contribution in [-0.4, -0.2) is 15.7 Å². The average molecular weight is 334 g/mol. The van der Waals surface area contributed by atoms with E-state index in [9.17, 15) is 4.79 Å². The van der Waals surface area contributed by atoms with Crippen LogP contribution < -0.4 is 4.74 Å². The molecule has 0 aliphatic rings. The summed E-state index contributed by atoms with van der Waals surface area (Å²) in [5.74, 6) is 0.286. The van der Waals surface area contributed by atoms with Gasteiger partial charge in [0, 0.05) is 6.07 Å². The second-order valence-electron chi connectivity index (χ2n) is 6.45. The second kappa shape index (κ2) is 6.93. The lowest BCUT2D eigenvalue weighted by Crippen LogP contribution is -2.12. The molecule has 0 unspecified atom stereocenters. The summed E-state index contributed by atoms with van der Waals surface area (Å²) < 4.78 is 7.39. The molecule has 2 aromatic carbocycles. The highest BCUT2D eigenvalue weighted by molar-refractivity contribution is 5.90. The number of ether oxygens (including phenoxy) is 1. The summed E-state index contributed by atoms with van der Waals surface area (Å²) in [5, 5.41) is 4.67. The van der Waals surface area contributed by atoms with Crippen LogP contribution in [0.3, 0.4) is 0 Å². The number of carbonyl (C=O) groups excluding carboxylic acids is 1. The van der Waals surface area contributed by atoms with Crippen molar-refractivity contribution in [3.63, 3.8) is 0 Å². The van der Waals surface area contributed by atoms with Gasteiger partial charge in [0.15, 0.2) is 0 Å². The van der Waals surface area contributed by atoms with Crippen molar-refractivity contribution < 1.29 is 9.53 Å². The van der Waals surface area contributed by atoms with Crippen molar-refractivity contribution in [1.29, 1.82) is 0 Å². The van der Waals surface area contributed by atoms with Crippen molar-refractivity contribution in [3.8, 4) is 11.6 Å². The fourth-order valence-electron chi connectivity index (χ4n) is 2.60. The molecule has 0 N–H and O–H groups in total. The van der Waals surface area contributed by atoms with E-state index in [0.717, 1.165) is 16.9 Å². The number of aryl methyl sites for hydroxylation is 1. The minimum atomic E-state index is -0.387. The van der Waals surface area contributed by atoms with Crippen LogP contribution in [0.1, 0.15) is 46.9 Å². The summed E-state index contributed by atoms with van der Waals surface area (Å²) in [4.78, 5) is 12.5. The van der Waals surface area contributed by atoms with Crippen LogP contribution in [0.15, 0.2) is 54.6 Å². The van der Waals surface area contributed by atoms with Crippen molar-refractivity contribution in [2.75, 3.05) is 0 Å². The first-order valence-electron chi connectivity index (χ1n) is 8.41. The summed E-state index contributed by atoms with van der Waals surface area (Å²) >= 11 is 0. The van der Waals surface area contributed by atoms with Crippen LogP contribution >= 0.6 is 0 Å². The van der Waals surface area contributed by atoms with Crippen LogP contribution in [0.4, 0.5) is 0 Å². The standard InChI is InChI=1S/C21H22N2O2/c1-14(2)18-13-20(25-21(24)17-10-6-5-7-11-17)23(22-18)19-12-8-9-15(3)16(19)4/h5-14H,1-4H3. The summed E-state index contributed by atoms with van der Waals surface area (Å²) in [7, 11) is 0. The fraction of sp³-hybridized carbons (Fsp3) is 0.238. The van der Waals surface area contributed by atoms with Crippen molar-refractivity contribution in [2.45, 2.75) is 33.6 Å². The Morgan fingerprint density at radius 1 is 1.04 bits per heavy atom. The molecule has 1 aromatic heterocycles. The maximum atomic E-state index is 12.5. The molecule has 0 atom stereocenters. The van der Waals surface area contributed by atoms with Crippen LogP contribution in [0.25, 0.3) is 5.69 Å². The molecule has 0 aliphatic carbocycles. The van der Waals surface area contributed by atoms with Gasteiger partial charge in [-0.25, -0.2) is 9.48 Å². The third kappa shape index (κ3) is 3.48. The third-order valence-electron chi connectivity index (χ3n) is 4.30. The highest BCUT2D eigenvalue weighted by atomic mass is 16.5. The lowest BCUT2D eigenvalue weighted by Gasteiger charge is -2.12. The fourth-order valence-corrected chi connectivity index (χ4v) is 2.60. The molecule has 4 nitrogen and oxygen atoms in total. The first-order valence-corrected chi connectivity index (χ1v) is 8.41. The molecule has 0 saturated heterocycles. The zero-order valence-electron chi connectivity index (χ0n) is 15.0. The number of carbonyl (C=O) groups is 1. The van der Waals surface area contributed by atoms with Gasteiger partial charge in [0.1, 0.15) is 0 Å². The van der Waals surface area contributed by atoms with Crippen LogP contribution in [-0.2, 0) is 0 Å². The van der Waals surface area contributed by atoms with Gasteiger partial charge in [-0.2, -0.15) is 5.10 Å². The number of hydrogen-bond acceptors (Lipinski definition) is 3. The Balaban J connectivity index is 2.04. The molecule has 0 aliphatic heterocycles. The number of nitrogens with zero attached hydrogens (tertiary/aromatic N) is 2. The largest absolute Gasteiger partial charge is 0.404 e. The van der Waals surface area contributed by atoms with E-state index >= 15 is 0 Å². The van der Waals surface area contributed by atoms with E-state index < -0.39 is 0 Å². The van der Waals surface area contributed by atoms with Crippen molar-refractivity contribution in [2.24, 2.45) is 0 Å². The number of benzene rings is 2. The summed E-state index contributed by atoms with van der Waals surface area (Å²) in [6.07, 6.45) is 0. The predicted molar refractivity (Wildman–Crippen MR) is 98.5 cm³/mol. The van der Waals surface area contributed by atoms with E-state index in [-0.39, 0.29) is 11.9 Å². The normalized spacial score (nSPS) is 10.9. The maximum Gasteiger partial charge on any atom is 0.344 e. The van der Waals surface area contributed by atoms with Gasteiger partial charge in [0.2, 0.25) is 5.88 Å². The van der Waals surface area contributed by atoms with E-state index in [1.807, 2.05) is 43.3 Å². The summed E-state index contributed by atoms with van der Waals surface area (Å²) in [6.45, 7) is 8.24. The van der Waals surface area contributed by atoms with E-state index in [1.165, 1.54) is 5.56 Å². The highest BCUT2D eigenvalue weighted by Gasteiger charge is 2.18. The summed E-state index contributed by atoms with van der Waals surface area (Å²) in [5.41, 5.74) is 4.60. The zero-order chi connectivity index (χ0) is 18.0. The molecular weight excluding hydrogens is 312 g/mol. The smallest absolute Gasteiger partial charge is 0.344 e. The van der Waals surface area contributed by atoms with Gasteiger partial charge >= 0.3 is 5.97 Å². The van der Waals surface area contributed by atoms with Gasteiger partial charge in [-0.1, -0.05) is 44.2 Å². The Hall–Kier alpha value is -2.88. The topological polar surface area (TPSA) is 44.1 Å². The molecule has 0 amide bonds. The minimum absolute atomic E-state index is 0.237. The second-order valence-corrected chi connectivity index (χ2v) is 6.45. The van der Waals surface area contributed by atoms with Gasteiger partial charge in [0.25, 0.3) is 0 Å². The van der Waals surface area contributed by atoms with Gasteiger partial charge in [-0.3, -0.25) is 0 Å². The average Bonchev–Trinajstić information content (AvgIpc) is 3.02. The number of esters is 1. The molecule has 4 heteroatoms. The maximum absolute atomic E-state index is 12.5. The third-order valence-corrected chi connectivity index (χ3v) is 4.30. The number of hydrogen-bond donors (Lipinski definition) is 0. The van der Waals surface area contributed by atoms with Gasteiger partial charge in [-0.05, 0) is 49.1 Å². The van der Waals surface area contributed by atoms with E-state index in [2.05, 4.69) is 31.9 Å². The molecule has 1 heterocycles. The quantitative estimate of drug-likeness (QED) is 0.642. The molecule has 0 saturated carbocycles. The number of aromatic nitrogens is 2. The molecule has 0 fully saturated rings. The molecule has 0 bridgehead atoms. The Kier molecular flexibility index (Phi) is 4.70. The van der Waals surface area contributed by atoms with Crippen molar-refractivity contribution in [3.05, 3.63) is 77.0 Å². The van der Waals surface area contributed by atoms with Crippen LogP contribution in [0, 0.1) is 13.8 Å². The molecule has 128 valence electrons. The minimum Gasteiger partial charge on any atom is -0.404 e. The molecule has 0 radical (unpaired) electrons. The van der Waals surface area contributed by atoms with Gasteiger partial charge in [-0.15, -0.1) is 0 Å². The molecule has 3 aromatic rings. The van der Waals surface area contributed by atoms with Crippen molar-refractivity contribution in [1.82, 2.24) is 9.78 Å². The number of rotatable bonds is 4. The van der Waals surface area contributed by atoms with Crippen LogP contribution in [0.5, 0.6) is 5.88 Å². The monoisotopic (exact) mass is 334 g/mol. The zero-order valence-corrected chi connectivity index (χ0v) is 15.0. The van der Waals surface area contributed by atoms with Gasteiger partial charge < -0.3 is 4.74 Å². The van der Waals surface area contributed by atoms with E-state index in [0.29, 0.717) is 11.4 Å². The van der Waals surface area contributed by atoms with Gasteiger partial charge in [0.05, 0.1) is 16.9 Å². The lowest BCUT2D eigenvalue weighted by atomic mass is 10.1. The lowest BCUT2D eigenvalue weighted by molar-refractivity contribution is 0.0723. The van der Waals surface area contributed by atoms with E-state index in [1.54, 1.807) is 16.8 Å². The highest BCUT2D eigenvalue weighted by Crippen LogP contribution is 2.27.